The topological polar surface area (TPSA) is 84.9 Å². The van der Waals surface area contributed by atoms with Gasteiger partial charge in [0.05, 0.1) is 11.3 Å². The molecular formula is C18H18N2O5. The van der Waals surface area contributed by atoms with E-state index in [9.17, 15) is 14.4 Å². The predicted molar refractivity (Wildman–Crippen MR) is 87.3 cm³/mol. The fraction of sp³-hybridized carbons (Fsp3) is 0.389. The SMILES string of the molecule is CC1(C)OC(=O)C(=CNc2cccc3c2C(=O)N(C2CC2)C3)C(=O)O1. The molecule has 2 heterocycles. The summed E-state index contributed by atoms with van der Waals surface area (Å²) in [6.45, 7) is 3.58. The molecule has 0 radical (unpaired) electrons. The highest BCUT2D eigenvalue weighted by atomic mass is 16.7. The summed E-state index contributed by atoms with van der Waals surface area (Å²) in [5.74, 6) is -2.81. The number of hydrogen-bond acceptors (Lipinski definition) is 6. The number of hydrogen-bond donors (Lipinski definition) is 1. The van der Waals surface area contributed by atoms with Crippen LogP contribution in [0.5, 0.6) is 0 Å². The molecule has 0 aromatic heterocycles. The molecule has 4 rings (SSSR count). The maximum absolute atomic E-state index is 12.6. The van der Waals surface area contributed by atoms with Crippen LogP contribution in [-0.4, -0.2) is 34.6 Å². The molecule has 2 fully saturated rings. The van der Waals surface area contributed by atoms with Crippen molar-refractivity contribution in [1.82, 2.24) is 4.90 Å². The molecule has 2 aliphatic heterocycles. The highest BCUT2D eigenvalue weighted by Crippen LogP contribution is 2.37. The van der Waals surface area contributed by atoms with Crippen LogP contribution < -0.4 is 5.32 Å². The minimum Gasteiger partial charge on any atom is -0.419 e. The van der Waals surface area contributed by atoms with Gasteiger partial charge in [0.25, 0.3) is 11.7 Å². The summed E-state index contributed by atoms with van der Waals surface area (Å²) in [4.78, 5) is 38.5. The quantitative estimate of drug-likeness (QED) is 0.513. The summed E-state index contributed by atoms with van der Waals surface area (Å²) >= 11 is 0. The molecule has 1 aliphatic carbocycles. The summed E-state index contributed by atoms with van der Waals surface area (Å²) in [5, 5.41) is 2.90. The number of cyclic esters (lactones) is 2. The number of amides is 1. The van der Waals surface area contributed by atoms with E-state index in [4.69, 9.17) is 9.47 Å². The number of carbonyl (C=O) groups is 3. The number of rotatable bonds is 3. The molecule has 1 amide bonds. The van der Waals surface area contributed by atoms with Gasteiger partial charge in [0.15, 0.2) is 5.57 Å². The lowest BCUT2D eigenvalue weighted by Crippen LogP contribution is -2.42. The van der Waals surface area contributed by atoms with E-state index in [1.807, 2.05) is 17.0 Å². The summed E-state index contributed by atoms with van der Waals surface area (Å²) in [6, 6.07) is 5.83. The van der Waals surface area contributed by atoms with E-state index in [-0.39, 0.29) is 11.5 Å². The van der Waals surface area contributed by atoms with E-state index >= 15 is 0 Å². The average Bonchev–Trinajstić information content (AvgIpc) is 3.30. The summed E-state index contributed by atoms with van der Waals surface area (Å²) in [7, 11) is 0. The Morgan fingerprint density at radius 1 is 1.16 bits per heavy atom. The molecule has 1 aromatic rings. The van der Waals surface area contributed by atoms with Gasteiger partial charge >= 0.3 is 11.9 Å². The largest absolute Gasteiger partial charge is 0.419 e. The number of nitrogens with zero attached hydrogens (tertiary/aromatic N) is 1. The van der Waals surface area contributed by atoms with E-state index in [0.29, 0.717) is 23.8 Å². The van der Waals surface area contributed by atoms with Crippen molar-refractivity contribution in [2.24, 2.45) is 0 Å². The van der Waals surface area contributed by atoms with Gasteiger partial charge < -0.3 is 19.7 Å². The summed E-state index contributed by atoms with van der Waals surface area (Å²) in [6.07, 6.45) is 3.32. The van der Waals surface area contributed by atoms with E-state index in [1.54, 1.807) is 6.07 Å². The van der Waals surface area contributed by atoms with Gasteiger partial charge in [0.1, 0.15) is 0 Å². The molecule has 0 unspecified atom stereocenters. The van der Waals surface area contributed by atoms with Crippen LogP contribution in [0.15, 0.2) is 30.0 Å². The number of anilines is 1. The minimum atomic E-state index is -1.28. The third-order valence-corrected chi connectivity index (χ3v) is 4.44. The molecule has 1 saturated carbocycles. The smallest absolute Gasteiger partial charge is 0.350 e. The molecule has 7 heteroatoms. The maximum atomic E-state index is 12.6. The molecule has 0 atom stereocenters. The Balaban J connectivity index is 1.59. The minimum absolute atomic E-state index is 0.0195. The van der Waals surface area contributed by atoms with Crippen LogP contribution in [0.4, 0.5) is 5.69 Å². The average molecular weight is 342 g/mol. The Hall–Kier alpha value is -2.83. The molecule has 1 aromatic carbocycles. The third kappa shape index (κ3) is 2.75. The summed E-state index contributed by atoms with van der Waals surface area (Å²) < 4.78 is 10.1. The van der Waals surface area contributed by atoms with Crippen LogP contribution in [0, 0.1) is 0 Å². The van der Waals surface area contributed by atoms with Gasteiger partial charge in [-0.1, -0.05) is 12.1 Å². The van der Waals surface area contributed by atoms with Gasteiger partial charge in [-0.25, -0.2) is 9.59 Å². The first-order valence-electron chi connectivity index (χ1n) is 8.22. The Morgan fingerprint density at radius 2 is 1.84 bits per heavy atom. The first-order chi connectivity index (χ1) is 11.9. The number of carbonyl (C=O) groups excluding carboxylic acids is 3. The zero-order valence-corrected chi connectivity index (χ0v) is 14.0. The van der Waals surface area contributed by atoms with Crippen molar-refractivity contribution in [3.8, 4) is 0 Å². The van der Waals surface area contributed by atoms with Gasteiger partial charge in [-0.15, -0.1) is 0 Å². The number of ether oxygens (including phenoxy) is 2. The summed E-state index contributed by atoms with van der Waals surface area (Å²) in [5.41, 5.74) is 1.85. The second kappa shape index (κ2) is 5.34. The normalized spacial score (nSPS) is 21.6. The van der Waals surface area contributed by atoms with Gasteiger partial charge in [0, 0.05) is 32.6 Å². The lowest BCUT2D eigenvalue weighted by atomic mass is 10.1. The van der Waals surface area contributed by atoms with Gasteiger partial charge in [0.2, 0.25) is 0 Å². The van der Waals surface area contributed by atoms with Crippen molar-refractivity contribution >= 4 is 23.5 Å². The van der Waals surface area contributed by atoms with E-state index in [2.05, 4.69) is 5.32 Å². The van der Waals surface area contributed by atoms with Crippen molar-refractivity contribution < 1.29 is 23.9 Å². The van der Waals surface area contributed by atoms with E-state index in [0.717, 1.165) is 18.4 Å². The molecule has 0 spiro atoms. The van der Waals surface area contributed by atoms with Crippen molar-refractivity contribution in [2.75, 3.05) is 5.32 Å². The third-order valence-electron chi connectivity index (χ3n) is 4.44. The van der Waals surface area contributed by atoms with Crippen LogP contribution in [0.3, 0.4) is 0 Å². The van der Waals surface area contributed by atoms with Gasteiger partial charge in [-0.2, -0.15) is 0 Å². The fourth-order valence-electron chi connectivity index (χ4n) is 3.11. The number of fused-ring (bicyclic) bond motifs is 1. The Kier molecular flexibility index (Phi) is 3.35. The molecule has 3 aliphatic rings. The molecule has 1 N–H and O–H groups in total. The lowest BCUT2D eigenvalue weighted by Gasteiger charge is -2.29. The zero-order valence-electron chi connectivity index (χ0n) is 14.0. The Labute approximate surface area is 144 Å². The fourth-order valence-corrected chi connectivity index (χ4v) is 3.11. The Morgan fingerprint density at radius 3 is 2.48 bits per heavy atom. The monoisotopic (exact) mass is 342 g/mol. The molecular weight excluding hydrogens is 324 g/mol. The second-order valence-electron chi connectivity index (χ2n) is 6.89. The van der Waals surface area contributed by atoms with Crippen LogP contribution in [0.2, 0.25) is 0 Å². The number of nitrogens with one attached hydrogen (secondary N) is 1. The second-order valence-corrected chi connectivity index (χ2v) is 6.89. The van der Waals surface area contributed by atoms with Gasteiger partial charge in [-0.3, -0.25) is 4.79 Å². The number of benzene rings is 1. The lowest BCUT2D eigenvalue weighted by molar-refractivity contribution is -0.222. The maximum Gasteiger partial charge on any atom is 0.350 e. The molecule has 25 heavy (non-hydrogen) atoms. The van der Waals surface area contributed by atoms with E-state index < -0.39 is 17.7 Å². The predicted octanol–water partition coefficient (Wildman–Crippen LogP) is 1.94. The van der Waals surface area contributed by atoms with Crippen molar-refractivity contribution in [2.45, 2.75) is 45.1 Å². The first kappa shape index (κ1) is 15.7. The van der Waals surface area contributed by atoms with Crippen molar-refractivity contribution in [1.29, 1.82) is 0 Å². The van der Waals surface area contributed by atoms with Crippen LogP contribution in [0.25, 0.3) is 0 Å². The standard InChI is InChI=1S/C18H18N2O5/c1-18(2)24-16(22)12(17(23)25-18)8-19-13-5-3-4-10-9-20(11-6-7-11)15(21)14(10)13/h3-5,8,11,19H,6-7,9H2,1-2H3. The Bertz CT molecular complexity index is 801. The zero-order chi connectivity index (χ0) is 17.8. The van der Waals surface area contributed by atoms with Crippen molar-refractivity contribution in [3.63, 3.8) is 0 Å². The van der Waals surface area contributed by atoms with Crippen LogP contribution in [0.1, 0.15) is 42.6 Å². The molecule has 0 bridgehead atoms. The molecule has 130 valence electrons. The van der Waals surface area contributed by atoms with E-state index in [1.165, 1.54) is 20.0 Å². The molecule has 1 saturated heterocycles. The van der Waals surface area contributed by atoms with Crippen LogP contribution in [-0.2, 0) is 25.6 Å². The van der Waals surface area contributed by atoms with Gasteiger partial charge in [-0.05, 0) is 24.5 Å². The van der Waals surface area contributed by atoms with Crippen LogP contribution >= 0.6 is 0 Å². The highest BCUT2D eigenvalue weighted by molar-refractivity contribution is 6.15. The molecule has 7 nitrogen and oxygen atoms in total. The highest BCUT2D eigenvalue weighted by Gasteiger charge is 2.40. The van der Waals surface area contributed by atoms with Crippen molar-refractivity contribution in [3.05, 3.63) is 41.1 Å². The number of esters is 2. The first-order valence-corrected chi connectivity index (χ1v) is 8.22.